The molecule has 0 saturated heterocycles. The van der Waals surface area contributed by atoms with Gasteiger partial charge in [-0.05, 0) is 19.3 Å². The molecule has 2 heterocycles. The van der Waals surface area contributed by atoms with Crippen LogP contribution in [0, 0.1) is 5.92 Å². The third-order valence-electron chi connectivity index (χ3n) is 2.93. The van der Waals surface area contributed by atoms with Crippen LogP contribution in [0.2, 0.25) is 0 Å². The fourth-order valence-corrected chi connectivity index (χ4v) is 3.14. The lowest BCUT2D eigenvalue weighted by atomic mass is 10.1. The maximum absolute atomic E-state index is 4.72. The second-order valence-corrected chi connectivity index (χ2v) is 6.20. The average molecular weight is 267 g/mol. The van der Waals surface area contributed by atoms with E-state index >= 15 is 0 Å². The fraction of sp³-hybridized carbons (Fsp3) is 0.750. The number of hydrogen-bond acceptors (Lipinski definition) is 5. The van der Waals surface area contributed by atoms with Gasteiger partial charge in [-0.3, -0.25) is 4.99 Å². The van der Waals surface area contributed by atoms with E-state index in [-0.39, 0.29) is 6.04 Å². The lowest BCUT2D eigenvalue weighted by Crippen LogP contribution is -2.25. The van der Waals surface area contributed by atoms with Gasteiger partial charge in [0.2, 0.25) is 0 Å². The molecule has 0 saturated carbocycles. The Morgan fingerprint density at radius 2 is 2.28 bits per heavy atom. The minimum Gasteiger partial charge on any atom is -0.355 e. The number of aryl methyl sites for hydroxylation is 1. The summed E-state index contributed by atoms with van der Waals surface area (Å²) in [6.07, 6.45) is 2.88. The van der Waals surface area contributed by atoms with Crippen molar-refractivity contribution >= 4 is 16.9 Å². The molecule has 0 spiro atoms. The number of thioether (sulfide) groups is 1. The maximum Gasteiger partial charge on any atom is 0.157 e. The zero-order chi connectivity index (χ0) is 13.1. The van der Waals surface area contributed by atoms with Crippen molar-refractivity contribution in [1.29, 1.82) is 0 Å². The number of nitrogens with one attached hydrogen (secondary N) is 1. The highest BCUT2D eigenvalue weighted by Crippen LogP contribution is 2.23. The summed E-state index contributed by atoms with van der Waals surface area (Å²) in [6.45, 7) is 6.57. The monoisotopic (exact) mass is 267 g/mol. The SMILES string of the molecule is CC(C)CC1CSC(NC(C)c2nncn2C)=N1. The summed E-state index contributed by atoms with van der Waals surface area (Å²) in [5.74, 6) is 2.73. The molecule has 0 radical (unpaired) electrons. The Labute approximate surface area is 112 Å². The zero-order valence-electron chi connectivity index (χ0n) is 11.4. The van der Waals surface area contributed by atoms with Crippen molar-refractivity contribution in [3.8, 4) is 0 Å². The van der Waals surface area contributed by atoms with Crippen molar-refractivity contribution < 1.29 is 0 Å². The van der Waals surface area contributed by atoms with E-state index in [4.69, 9.17) is 4.99 Å². The van der Waals surface area contributed by atoms with E-state index in [0.29, 0.717) is 12.0 Å². The lowest BCUT2D eigenvalue weighted by molar-refractivity contribution is 0.527. The van der Waals surface area contributed by atoms with Crippen molar-refractivity contribution in [2.24, 2.45) is 18.0 Å². The minimum absolute atomic E-state index is 0.140. The van der Waals surface area contributed by atoms with Gasteiger partial charge in [0.25, 0.3) is 0 Å². The average Bonchev–Trinajstić information content (AvgIpc) is 2.87. The van der Waals surface area contributed by atoms with Crippen LogP contribution in [-0.4, -0.2) is 31.7 Å². The number of aliphatic imine (C=N–C) groups is 1. The van der Waals surface area contributed by atoms with Crippen molar-refractivity contribution in [3.05, 3.63) is 12.2 Å². The first-order valence-corrected chi connectivity index (χ1v) is 7.36. The van der Waals surface area contributed by atoms with Crippen LogP contribution in [0.5, 0.6) is 0 Å². The molecule has 2 rings (SSSR count). The molecule has 0 aliphatic carbocycles. The highest BCUT2D eigenvalue weighted by Gasteiger charge is 2.21. The van der Waals surface area contributed by atoms with Crippen molar-refractivity contribution in [3.63, 3.8) is 0 Å². The van der Waals surface area contributed by atoms with Gasteiger partial charge in [0.05, 0.1) is 12.1 Å². The van der Waals surface area contributed by atoms with Crippen molar-refractivity contribution in [1.82, 2.24) is 20.1 Å². The number of aromatic nitrogens is 3. The van der Waals surface area contributed by atoms with Crippen LogP contribution in [-0.2, 0) is 7.05 Å². The van der Waals surface area contributed by atoms with Gasteiger partial charge in [0.1, 0.15) is 6.33 Å². The first-order valence-electron chi connectivity index (χ1n) is 6.37. The Bertz CT molecular complexity index is 426. The third-order valence-corrected chi connectivity index (χ3v) is 3.98. The van der Waals surface area contributed by atoms with Crippen LogP contribution in [0.3, 0.4) is 0 Å². The number of rotatable bonds is 4. The van der Waals surface area contributed by atoms with E-state index < -0.39 is 0 Å². The summed E-state index contributed by atoms with van der Waals surface area (Å²) in [5.41, 5.74) is 0. The lowest BCUT2D eigenvalue weighted by Gasteiger charge is -2.13. The Morgan fingerprint density at radius 3 is 2.89 bits per heavy atom. The standard InChI is InChI=1S/C12H21N5S/c1-8(2)5-10-6-18-12(15-10)14-9(3)11-16-13-7-17(11)4/h7-10H,5-6H2,1-4H3,(H,14,15). The van der Waals surface area contributed by atoms with Crippen LogP contribution < -0.4 is 5.32 Å². The molecule has 1 aromatic rings. The molecule has 2 unspecified atom stereocenters. The van der Waals surface area contributed by atoms with Gasteiger partial charge in [-0.25, -0.2) is 0 Å². The second-order valence-electron chi connectivity index (χ2n) is 5.19. The van der Waals surface area contributed by atoms with Gasteiger partial charge in [-0.2, -0.15) is 0 Å². The van der Waals surface area contributed by atoms with Gasteiger partial charge in [-0.15, -0.1) is 10.2 Å². The van der Waals surface area contributed by atoms with Crippen LogP contribution in [0.15, 0.2) is 11.3 Å². The molecule has 100 valence electrons. The van der Waals surface area contributed by atoms with E-state index in [1.807, 2.05) is 11.6 Å². The van der Waals surface area contributed by atoms with Gasteiger partial charge in [0, 0.05) is 12.8 Å². The number of amidine groups is 1. The topological polar surface area (TPSA) is 55.1 Å². The van der Waals surface area contributed by atoms with Gasteiger partial charge in [0.15, 0.2) is 11.0 Å². The zero-order valence-corrected chi connectivity index (χ0v) is 12.2. The Kier molecular flexibility index (Phi) is 4.27. The molecule has 0 bridgehead atoms. The summed E-state index contributed by atoms with van der Waals surface area (Å²) in [5, 5.41) is 12.5. The van der Waals surface area contributed by atoms with Gasteiger partial charge < -0.3 is 9.88 Å². The molecule has 5 nitrogen and oxygen atoms in total. The van der Waals surface area contributed by atoms with Crippen LogP contribution in [0.4, 0.5) is 0 Å². The molecule has 18 heavy (non-hydrogen) atoms. The third kappa shape index (κ3) is 3.25. The van der Waals surface area contributed by atoms with E-state index in [1.54, 1.807) is 18.1 Å². The molecule has 1 aromatic heterocycles. The quantitative estimate of drug-likeness (QED) is 0.906. The number of nitrogens with zero attached hydrogens (tertiary/aromatic N) is 4. The summed E-state index contributed by atoms with van der Waals surface area (Å²) >= 11 is 1.81. The highest BCUT2D eigenvalue weighted by molar-refractivity contribution is 8.14. The summed E-state index contributed by atoms with van der Waals surface area (Å²) in [4.78, 5) is 4.72. The molecular formula is C12H21N5S. The molecule has 1 aliphatic heterocycles. The summed E-state index contributed by atoms with van der Waals surface area (Å²) in [6, 6.07) is 0.603. The molecule has 2 atom stereocenters. The summed E-state index contributed by atoms with van der Waals surface area (Å²) in [7, 11) is 1.96. The summed E-state index contributed by atoms with van der Waals surface area (Å²) < 4.78 is 1.93. The first-order chi connectivity index (χ1) is 8.56. The Hall–Kier alpha value is -1.04. The minimum atomic E-state index is 0.140. The van der Waals surface area contributed by atoms with E-state index in [9.17, 15) is 0 Å². The Balaban J connectivity index is 1.92. The van der Waals surface area contributed by atoms with E-state index in [0.717, 1.165) is 23.2 Å². The predicted molar refractivity (Wildman–Crippen MR) is 75.7 cm³/mol. The first kappa shape index (κ1) is 13.4. The van der Waals surface area contributed by atoms with E-state index in [1.165, 1.54) is 0 Å². The molecule has 0 fully saturated rings. The molecule has 1 N–H and O–H groups in total. The predicted octanol–water partition coefficient (Wildman–Crippen LogP) is 1.98. The largest absolute Gasteiger partial charge is 0.355 e. The molecular weight excluding hydrogens is 246 g/mol. The van der Waals surface area contributed by atoms with Crippen LogP contribution in [0.25, 0.3) is 0 Å². The number of hydrogen-bond donors (Lipinski definition) is 1. The normalized spacial score (nSPS) is 21.2. The smallest absolute Gasteiger partial charge is 0.157 e. The second kappa shape index (κ2) is 5.73. The van der Waals surface area contributed by atoms with Gasteiger partial charge >= 0.3 is 0 Å². The Morgan fingerprint density at radius 1 is 1.50 bits per heavy atom. The molecule has 0 amide bonds. The highest BCUT2D eigenvalue weighted by atomic mass is 32.2. The fourth-order valence-electron chi connectivity index (χ4n) is 2.09. The van der Waals surface area contributed by atoms with Crippen molar-refractivity contribution in [2.45, 2.75) is 39.3 Å². The van der Waals surface area contributed by atoms with E-state index in [2.05, 4.69) is 36.3 Å². The molecule has 0 aromatic carbocycles. The molecule has 6 heteroatoms. The van der Waals surface area contributed by atoms with Crippen LogP contribution in [0.1, 0.15) is 39.1 Å². The van der Waals surface area contributed by atoms with Crippen molar-refractivity contribution in [2.75, 3.05) is 5.75 Å². The van der Waals surface area contributed by atoms with Gasteiger partial charge in [-0.1, -0.05) is 25.6 Å². The maximum atomic E-state index is 4.72. The van der Waals surface area contributed by atoms with Crippen LogP contribution >= 0.6 is 11.8 Å². The molecule has 1 aliphatic rings.